The molecule has 2 N–H and O–H groups in total. The number of ether oxygens (including phenoxy) is 3. The highest BCUT2D eigenvalue weighted by atomic mass is 79.9. The Bertz CT molecular complexity index is 893. The van der Waals surface area contributed by atoms with Crippen molar-refractivity contribution < 1.29 is 19.0 Å². The maximum atomic E-state index is 12.7. The van der Waals surface area contributed by atoms with Crippen molar-refractivity contribution in [1.29, 1.82) is 0 Å². The van der Waals surface area contributed by atoms with Crippen molar-refractivity contribution in [2.24, 2.45) is 0 Å². The molecule has 0 fully saturated rings. The molecule has 26 heavy (non-hydrogen) atoms. The zero-order valence-electron chi connectivity index (χ0n) is 14.7. The lowest BCUT2D eigenvalue weighted by atomic mass is 10.1. The van der Waals surface area contributed by atoms with E-state index in [1.54, 1.807) is 31.4 Å². The van der Waals surface area contributed by atoms with Gasteiger partial charge in [-0.15, -0.1) is 0 Å². The summed E-state index contributed by atoms with van der Waals surface area (Å²) in [5, 5.41) is 0. The highest BCUT2D eigenvalue weighted by molar-refractivity contribution is 9.12. The molecule has 1 aliphatic heterocycles. The van der Waals surface area contributed by atoms with Gasteiger partial charge in [-0.05, 0) is 52.3 Å². The zero-order valence-corrected chi connectivity index (χ0v) is 16.3. The number of ketones is 1. The van der Waals surface area contributed by atoms with Gasteiger partial charge in [0.1, 0.15) is 0 Å². The standard InChI is InChI=1S/C19H19BrN2O4/c1-22(2)15-6-4-11(9-14(15)21)17(23)13(20)8-12-5-7-16-19(18(12)24-3)26-10-25-16/h4-9H,10,21H2,1-3H3/b13-8+. The van der Waals surface area contributed by atoms with E-state index in [1.165, 1.54) is 0 Å². The molecule has 0 saturated carbocycles. The first kappa shape index (κ1) is 18.1. The number of hydrogen-bond donors (Lipinski definition) is 1. The maximum Gasteiger partial charge on any atom is 0.231 e. The SMILES string of the molecule is COc1c(/C=C(/Br)C(=O)c2ccc(N(C)C)c(N)c2)ccc2c1OCO2. The van der Waals surface area contributed by atoms with Crippen LogP contribution in [0.1, 0.15) is 15.9 Å². The van der Waals surface area contributed by atoms with Crippen LogP contribution in [0.15, 0.2) is 34.8 Å². The fourth-order valence-corrected chi connectivity index (χ4v) is 3.20. The van der Waals surface area contributed by atoms with Crippen LogP contribution in [0.3, 0.4) is 0 Å². The van der Waals surface area contributed by atoms with E-state index < -0.39 is 0 Å². The van der Waals surface area contributed by atoms with Gasteiger partial charge in [0.05, 0.1) is 23.0 Å². The summed E-state index contributed by atoms with van der Waals surface area (Å²) in [7, 11) is 5.34. The monoisotopic (exact) mass is 418 g/mol. The molecule has 0 amide bonds. The lowest BCUT2D eigenvalue weighted by Gasteiger charge is -2.15. The quantitative estimate of drug-likeness (QED) is 0.453. The fourth-order valence-electron chi connectivity index (χ4n) is 2.73. The molecule has 3 rings (SSSR count). The van der Waals surface area contributed by atoms with E-state index in [0.29, 0.717) is 38.5 Å². The van der Waals surface area contributed by atoms with Crippen molar-refractivity contribution in [3.05, 3.63) is 45.9 Å². The average molecular weight is 419 g/mol. The smallest absolute Gasteiger partial charge is 0.231 e. The molecular formula is C19H19BrN2O4. The van der Waals surface area contributed by atoms with Gasteiger partial charge in [0.25, 0.3) is 0 Å². The van der Waals surface area contributed by atoms with Crippen LogP contribution < -0.4 is 24.8 Å². The Kier molecular flexibility index (Phi) is 5.08. The summed E-state index contributed by atoms with van der Waals surface area (Å²) < 4.78 is 16.6. The van der Waals surface area contributed by atoms with Crippen molar-refractivity contribution >= 4 is 39.2 Å². The molecule has 0 bridgehead atoms. The van der Waals surface area contributed by atoms with Crippen molar-refractivity contribution in [1.82, 2.24) is 0 Å². The number of allylic oxidation sites excluding steroid dienone is 1. The molecule has 0 radical (unpaired) electrons. The molecule has 2 aromatic carbocycles. The van der Waals surface area contributed by atoms with Crippen LogP contribution in [0.25, 0.3) is 6.08 Å². The second-order valence-corrected chi connectivity index (χ2v) is 6.77. The molecule has 2 aromatic rings. The predicted octanol–water partition coefficient (Wildman–Crippen LogP) is 3.69. The van der Waals surface area contributed by atoms with Crippen LogP contribution in [-0.4, -0.2) is 33.8 Å². The molecule has 0 saturated heterocycles. The van der Waals surface area contributed by atoms with Crippen molar-refractivity contribution in [2.45, 2.75) is 0 Å². The summed E-state index contributed by atoms with van der Waals surface area (Å²) in [6.45, 7) is 0.149. The maximum absolute atomic E-state index is 12.7. The largest absolute Gasteiger partial charge is 0.492 e. The summed E-state index contributed by atoms with van der Waals surface area (Å²) in [5.74, 6) is 1.50. The second kappa shape index (κ2) is 7.29. The van der Waals surface area contributed by atoms with Crippen molar-refractivity contribution in [2.75, 3.05) is 38.6 Å². The number of anilines is 2. The third-order valence-electron chi connectivity index (χ3n) is 4.00. The Morgan fingerprint density at radius 2 is 2.04 bits per heavy atom. The number of carbonyl (C=O) groups excluding carboxylic acids is 1. The number of hydrogen-bond acceptors (Lipinski definition) is 6. The van der Waals surface area contributed by atoms with Crippen LogP contribution in [0.4, 0.5) is 11.4 Å². The number of halogens is 1. The number of benzene rings is 2. The fraction of sp³-hybridized carbons (Fsp3) is 0.211. The summed E-state index contributed by atoms with van der Waals surface area (Å²) in [6.07, 6.45) is 1.69. The highest BCUT2D eigenvalue weighted by Gasteiger charge is 2.22. The van der Waals surface area contributed by atoms with E-state index in [9.17, 15) is 4.79 Å². The van der Waals surface area contributed by atoms with Gasteiger partial charge in [0.2, 0.25) is 12.5 Å². The second-order valence-electron chi connectivity index (χ2n) is 5.91. The van der Waals surface area contributed by atoms with Crippen LogP contribution >= 0.6 is 15.9 Å². The molecule has 7 heteroatoms. The van der Waals surface area contributed by atoms with E-state index in [4.69, 9.17) is 19.9 Å². The van der Waals surface area contributed by atoms with Gasteiger partial charge in [-0.25, -0.2) is 0 Å². The number of methoxy groups -OCH3 is 1. The first-order valence-corrected chi connectivity index (χ1v) is 8.67. The van der Waals surface area contributed by atoms with E-state index in [-0.39, 0.29) is 12.6 Å². The van der Waals surface area contributed by atoms with Crippen LogP contribution in [0, 0.1) is 0 Å². The molecule has 1 heterocycles. The van der Waals surface area contributed by atoms with Gasteiger partial charge in [0.15, 0.2) is 17.3 Å². The lowest BCUT2D eigenvalue weighted by molar-refractivity contribution is 0.104. The number of nitrogen functional groups attached to an aromatic ring is 1. The number of nitrogens with zero attached hydrogens (tertiary/aromatic N) is 1. The third-order valence-corrected chi connectivity index (χ3v) is 4.59. The van der Waals surface area contributed by atoms with Crippen molar-refractivity contribution in [3.8, 4) is 17.2 Å². The summed E-state index contributed by atoms with van der Waals surface area (Å²) in [4.78, 5) is 14.6. The summed E-state index contributed by atoms with van der Waals surface area (Å²) >= 11 is 3.37. The van der Waals surface area contributed by atoms with Gasteiger partial charge >= 0.3 is 0 Å². The number of Topliss-reactive ketones (excluding diaryl/α,β-unsaturated/α-hetero) is 1. The minimum absolute atomic E-state index is 0.149. The van der Waals surface area contributed by atoms with E-state index in [2.05, 4.69) is 15.9 Å². The van der Waals surface area contributed by atoms with E-state index in [1.807, 2.05) is 31.1 Å². The molecule has 0 aliphatic carbocycles. The Morgan fingerprint density at radius 1 is 1.27 bits per heavy atom. The lowest BCUT2D eigenvalue weighted by Crippen LogP contribution is -2.12. The molecule has 6 nitrogen and oxygen atoms in total. The first-order valence-electron chi connectivity index (χ1n) is 7.87. The summed E-state index contributed by atoms with van der Waals surface area (Å²) in [6, 6.07) is 8.84. The molecule has 136 valence electrons. The number of nitrogens with two attached hydrogens (primary N) is 1. The normalized spacial score (nSPS) is 12.8. The average Bonchev–Trinajstić information content (AvgIpc) is 3.09. The van der Waals surface area contributed by atoms with E-state index in [0.717, 1.165) is 5.69 Å². The van der Waals surface area contributed by atoms with Gasteiger partial charge in [-0.1, -0.05) is 0 Å². The Labute approximate surface area is 160 Å². The number of carbonyl (C=O) groups is 1. The van der Waals surface area contributed by atoms with Gasteiger partial charge in [-0.2, -0.15) is 0 Å². The minimum Gasteiger partial charge on any atom is -0.492 e. The van der Waals surface area contributed by atoms with Crippen molar-refractivity contribution in [3.63, 3.8) is 0 Å². The van der Waals surface area contributed by atoms with Crippen LogP contribution in [0.5, 0.6) is 17.2 Å². The Morgan fingerprint density at radius 3 is 2.69 bits per heavy atom. The van der Waals surface area contributed by atoms with Crippen LogP contribution in [0.2, 0.25) is 0 Å². The minimum atomic E-state index is -0.179. The summed E-state index contributed by atoms with van der Waals surface area (Å²) in [5.41, 5.74) is 8.64. The number of fused-ring (bicyclic) bond motifs is 1. The predicted molar refractivity (Wildman–Crippen MR) is 106 cm³/mol. The third kappa shape index (κ3) is 3.35. The molecular weight excluding hydrogens is 400 g/mol. The van der Waals surface area contributed by atoms with Gasteiger partial charge in [0, 0.05) is 25.2 Å². The first-order chi connectivity index (χ1) is 12.4. The topological polar surface area (TPSA) is 74.0 Å². The Balaban J connectivity index is 1.93. The van der Waals surface area contributed by atoms with E-state index >= 15 is 0 Å². The molecule has 1 aliphatic rings. The molecule has 0 spiro atoms. The molecule has 0 aromatic heterocycles. The molecule has 0 unspecified atom stereocenters. The van der Waals surface area contributed by atoms with Crippen LogP contribution in [-0.2, 0) is 0 Å². The van der Waals surface area contributed by atoms with Gasteiger partial charge in [-0.3, -0.25) is 4.79 Å². The highest BCUT2D eigenvalue weighted by Crippen LogP contribution is 2.44. The zero-order chi connectivity index (χ0) is 18.8. The Hall–Kier alpha value is -2.67. The van der Waals surface area contributed by atoms with Gasteiger partial charge < -0.3 is 24.8 Å². The number of rotatable bonds is 5. The molecule has 0 atom stereocenters.